The van der Waals surface area contributed by atoms with Crippen LogP contribution in [0, 0.1) is 6.92 Å². The highest BCUT2D eigenvalue weighted by Crippen LogP contribution is 2.37. The number of ether oxygens (including phenoxy) is 2. The molecule has 1 spiro atoms. The van der Waals surface area contributed by atoms with Gasteiger partial charge in [0.2, 0.25) is 0 Å². The first-order chi connectivity index (χ1) is 15.6. The lowest BCUT2D eigenvalue weighted by Crippen LogP contribution is -2.46. The minimum atomic E-state index is -5.08. The number of carbonyl (C=O) groups excluding carboxylic acids is 1. The van der Waals surface area contributed by atoms with Crippen molar-refractivity contribution < 1.29 is 41.9 Å². The summed E-state index contributed by atoms with van der Waals surface area (Å²) in [7, 11) is 0. The van der Waals surface area contributed by atoms with E-state index in [1.165, 1.54) is 0 Å². The van der Waals surface area contributed by atoms with E-state index in [9.17, 15) is 18.0 Å². The highest BCUT2D eigenvalue weighted by atomic mass is 19.4. The maximum atomic E-state index is 12.5. The number of hydrogen-bond acceptors (Lipinski definition) is 7. The lowest BCUT2D eigenvalue weighted by molar-refractivity contribution is -0.192. The average Bonchev–Trinajstić information content (AvgIpc) is 3.39. The fourth-order valence-corrected chi connectivity index (χ4v) is 3.69. The number of aryl methyl sites for hydroxylation is 1. The molecule has 1 atom stereocenters. The number of pyridine rings is 1. The zero-order chi connectivity index (χ0) is 24.1. The summed E-state index contributed by atoms with van der Waals surface area (Å²) in [5.74, 6) is -2.18. The fourth-order valence-electron chi connectivity index (χ4n) is 3.69. The SMILES string of the molecule is Cc1cc(C(=O)N2CCC3(CC2)CC(OCc2ccccn2)CO3)no1.O=C(O)C(F)(F)F. The van der Waals surface area contributed by atoms with Crippen molar-refractivity contribution >= 4 is 11.9 Å². The van der Waals surface area contributed by atoms with Gasteiger partial charge in [-0.1, -0.05) is 11.2 Å². The van der Waals surface area contributed by atoms with Gasteiger partial charge in [0.15, 0.2) is 5.69 Å². The van der Waals surface area contributed by atoms with Crippen LogP contribution in [0.1, 0.15) is 41.2 Å². The van der Waals surface area contributed by atoms with Crippen LogP contribution in [0.5, 0.6) is 0 Å². The molecular formula is C21H24F3N3O6. The van der Waals surface area contributed by atoms with E-state index in [0.717, 1.165) is 25.0 Å². The lowest BCUT2D eigenvalue weighted by Gasteiger charge is -2.38. The van der Waals surface area contributed by atoms with Crippen LogP contribution >= 0.6 is 0 Å². The summed E-state index contributed by atoms with van der Waals surface area (Å²) < 4.78 is 48.8. The van der Waals surface area contributed by atoms with Gasteiger partial charge in [-0.25, -0.2) is 4.79 Å². The van der Waals surface area contributed by atoms with Crippen molar-refractivity contribution in [1.29, 1.82) is 0 Å². The predicted molar refractivity (Wildman–Crippen MR) is 106 cm³/mol. The number of piperidine rings is 1. The Balaban J connectivity index is 0.000000383. The maximum Gasteiger partial charge on any atom is 0.490 e. The van der Waals surface area contributed by atoms with Crippen molar-refractivity contribution in [2.45, 2.75) is 50.7 Å². The van der Waals surface area contributed by atoms with Crippen LogP contribution in [0.15, 0.2) is 35.0 Å². The molecule has 2 fully saturated rings. The Hall–Kier alpha value is -2.99. The van der Waals surface area contributed by atoms with Crippen LogP contribution in [0.2, 0.25) is 0 Å². The molecule has 180 valence electrons. The van der Waals surface area contributed by atoms with Gasteiger partial charge in [0.25, 0.3) is 5.91 Å². The van der Waals surface area contributed by atoms with E-state index < -0.39 is 12.1 Å². The summed E-state index contributed by atoms with van der Waals surface area (Å²) in [6, 6.07) is 7.50. The first-order valence-electron chi connectivity index (χ1n) is 10.3. The van der Waals surface area contributed by atoms with Gasteiger partial charge in [0.05, 0.1) is 30.6 Å². The van der Waals surface area contributed by atoms with E-state index in [4.69, 9.17) is 23.9 Å². The molecule has 33 heavy (non-hydrogen) atoms. The largest absolute Gasteiger partial charge is 0.490 e. The van der Waals surface area contributed by atoms with Crippen LogP contribution in [-0.2, 0) is 20.9 Å². The number of rotatable bonds is 4. The smallest absolute Gasteiger partial charge is 0.475 e. The zero-order valence-corrected chi connectivity index (χ0v) is 17.9. The number of alkyl halides is 3. The second-order valence-electron chi connectivity index (χ2n) is 7.87. The number of carboxylic acid groups (broad SMARTS) is 1. The highest BCUT2D eigenvalue weighted by molar-refractivity contribution is 5.92. The zero-order valence-electron chi connectivity index (χ0n) is 17.9. The maximum absolute atomic E-state index is 12.5. The van der Waals surface area contributed by atoms with Crippen molar-refractivity contribution in [3.05, 3.63) is 47.6 Å². The molecule has 0 bridgehead atoms. The van der Waals surface area contributed by atoms with Crippen LogP contribution < -0.4 is 0 Å². The number of aliphatic carboxylic acids is 1. The fraction of sp³-hybridized carbons (Fsp3) is 0.524. The van der Waals surface area contributed by atoms with Gasteiger partial charge in [-0.3, -0.25) is 9.78 Å². The molecule has 9 nitrogen and oxygen atoms in total. The third kappa shape index (κ3) is 6.75. The van der Waals surface area contributed by atoms with Crippen molar-refractivity contribution in [2.75, 3.05) is 19.7 Å². The van der Waals surface area contributed by atoms with E-state index >= 15 is 0 Å². The highest BCUT2D eigenvalue weighted by Gasteiger charge is 2.44. The number of halogens is 3. The lowest BCUT2D eigenvalue weighted by atomic mass is 9.88. The van der Waals surface area contributed by atoms with Crippen LogP contribution in [-0.4, -0.2) is 69.6 Å². The number of amides is 1. The third-order valence-corrected chi connectivity index (χ3v) is 5.42. The molecule has 4 rings (SSSR count). The van der Waals surface area contributed by atoms with E-state index in [0.29, 0.717) is 37.8 Å². The molecule has 0 radical (unpaired) electrons. The number of carboxylic acids is 1. The summed E-state index contributed by atoms with van der Waals surface area (Å²) in [4.78, 5) is 27.5. The molecule has 2 aliphatic heterocycles. The Morgan fingerprint density at radius 1 is 1.30 bits per heavy atom. The van der Waals surface area contributed by atoms with Crippen LogP contribution in [0.25, 0.3) is 0 Å². The van der Waals surface area contributed by atoms with E-state index in [1.807, 2.05) is 23.1 Å². The number of hydrogen-bond donors (Lipinski definition) is 1. The minimum absolute atomic E-state index is 0.0716. The number of aromatic nitrogens is 2. The first-order valence-corrected chi connectivity index (χ1v) is 10.3. The molecule has 2 aromatic heterocycles. The quantitative estimate of drug-likeness (QED) is 0.724. The molecule has 0 saturated carbocycles. The van der Waals surface area contributed by atoms with Gasteiger partial charge in [-0.15, -0.1) is 0 Å². The summed E-state index contributed by atoms with van der Waals surface area (Å²) in [6.07, 6.45) is -0.727. The van der Waals surface area contributed by atoms with Crippen molar-refractivity contribution in [1.82, 2.24) is 15.0 Å². The summed E-state index contributed by atoms with van der Waals surface area (Å²) >= 11 is 0. The molecule has 4 heterocycles. The Kier molecular flexibility index (Phi) is 7.69. The Morgan fingerprint density at radius 2 is 2.00 bits per heavy atom. The average molecular weight is 471 g/mol. The monoisotopic (exact) mass is 471 g/mol. The van der Waals surface area contributed by atoms with E-state index in [1.54, 1.807) is 19.2 Å². The molecule has 0 aromatic carbocycles. The Morgan fingerprint density at radius 3 is 2.55 bits per heavy atom. The van der Waals surface area contributed by atoms with Gasteiger partial charge in [-0.2, -0.15) is 13.2 Å². The Labute approximate surface area is 187 Å². The van der Waals surface area contributed by atoms with Gasteiger partial charge >= 0.3 is 12.1 Å². The number of nitrogens with zero attached hydrogens (tertiary/aromatic N) is 3. The van der Waals surface area contributed by atoms with Gasteiger partial charge < -0.3 is 24.0 Å². The molecule has 1 amide bonds. The predicted octanol–water partition coefficient (Wildman–Crippen LogP) is 2.99. The van der Waals surface area contributed by atoms with Gasteiger partial charge in [-0.05, 0) is 31.9 Å². The third-order valence-electron chi connectivity index (χ3n) is 5.42. The standard InChI is InChI=1S/C19H23N3O4.C2HF3O2/c1-14-10-17(21-26-14)18(23)22-8-5-19(6-9-22)11-16(13-25-19)24-12-15-4-2-3-7-20-15;3-2(4,5)1(6)7/h2-4,7,10,16H,5-6,8-9,11-13H2,1H3;(H,6,7). The number of likely N-dealkylation sites (tertiary alicyclic amines) is 1. The van der Waals surface area contributed by atoms with Gasteiger partial charge in [0.1, 0.15) is 5.76 Å². The van der Waals surface area contributed by atoms with Gasteiger partial charge in [0, 0.05) is 31.8 Å². The molecule has 1 N–H and O–H groups in total. The molecule has 2 saturated heterocycles. The van der Waals surface area contributed by atoms with Crippen LogP contribution in [0.4, 0.5) is 13.2 Å². The Bertz CT molecular complexity index is 942. The summed E-state index contributed by atoms with van der Waals surface area (Å²) in [5.41, 5.74) is 1.13. The second kappa shape index (κ2) is 10.3. The summed E-state index contributed by atoms with van der Waals surface area (Å²) in [5, 5.41) is 10.9. The molecule has 2 aliphatic rings. The number of carbonyl (C=O) groups is 2. The molecule has 0 aliphatic carbocycles. The van der Waals surface area contributed by atoms with E-state index in [-0.39, 0.29) is 17.6 Å². The first kappa shape index (κ1) is 24.6. The van der Waals surface area contributed by atoms with E-state index in [2.05, 4.69) is 10.1 Å². The molecule has 1 unspecified atom stereocenters. The van der Waals surface area contributed by atoms with Crippen molar-refractivity contribution in [3.8, 4) is 0 Å². The second-order valence-corrected chi connectivity index (χ2v) is 7.87. The minimum Gasteiger partial charge on any atom is -0.475 e. The molecule has 12 heteroatoms. The normalized spacial score (nSPS) is 19.8. The van der Waals surface area contributed by atoms with Crippen LogP contribution in [0.3, 0.4) is 0 Å². The molecular weight excluding hydrogens is 447 g/mol. The molecule has 2 aromatic rings. The topological polar surface area (TPSA) is 115 Å². The summed E-state index contributed by atoms with van der Waals surface area (Å²) in [6.45, 7) is 4.21. The van der Waals surface area contributed by atoms with Crippen molar-refractivity contribution in [2.24, 2.45) is 0 Å². The van der Waals surface area contributed by atoms with Crippen molar-refractivity contribution in [3.63, 3.8) is 0 Å².